The van der Waals surface area contributed by atoms with E-state index in [1.807, 2.05) is 0 Å². The third kappa shape index (κ3) is 9.58. The monoisotopic (exact) mass is 952 g/mol. The maximum Gasteiger partial charge on any atom is 3.00 e. The first kappa shape index (κ1) is 48.2. The summed E-state index contributed by atoms with van der Waals surface area (Å²) < 4.78 is 0. The molecule has 0 aromatic heterocycles. The molecule has 63 heavy (non-hydrogen) atoms. The van der Waals surface area contributed by atoms with Crippen LogP contribution in [0, 0.1) is 6.07 Å². The molecule has 0 fully saturated rings. The summed E-state index contributed by atoms with van der Waals surface area (Å²) in [6, 6.07) is 62.0. The first-order valence-electron chi connectivity index (χ1n) is 21.9. The molecule has 8 aromatic rings. The first-order valence-corrected chi connectivity index (χ1v) is 23.1. The Balaban J connectivity index is 0.000000355. The van der Waals surface area contributed by atoms with E-state index in [-0.39, 0.29) is 77.3 Å². The van der Waals surface area contributed by atoms with E-state index in [0.717, 1.165) is 19.3 Å². The summed E-state index contributed by atoms with van der Waals surface area (Å²) in [4.78, 5) is 0. The Hall–Kier alpha value is -4.30. The van der Waals surface area contributed by atoms with Gasteiger partial charge in [-0.05, 0) is 90.6 Å². The van der Waals surface area contributed by atoms with Gasteiger partial charge in [-0.3, -0.25) is 0 Å². The number of benzene rings is 8. The molecule has 0 heterocycles. The molecular formula is C59H56Cl2SiZr. The van der Waals surface area contributed by atoms with Crippen molar-refractivity contribution in [2.24, 2.45) is 0 Å². The predicted octanol–water partition coefficient (Wildman–Crippen LogP) is 8.03. The molecule has 0 aliphatic heterocycles. The number of fused-ring (bicyclic) bond motifs is 6. The molecule has 1 unspecified atom stereocenters. The number of hydrogen-bond donors (Lipinski definition) is 0. The normalized spacial score (nSPS) is 13.6. The Labute approximate surface area is 410 Å². The number of halogens is 2. The van der Waals surface area contributed by atoms with E-state index < -0.39 is 0 Å². The van der Waals surface area contributed by atoms with Gasteiger partial charge in [0, 0.05) is 0 Å². The van der Waals surface area contributed by atoms with Gasteiger partial charge >= 0.3 is 26.2 Å². The summed E-state index contributed by atoms with van der Waals surface area (Å²) >= 11 is 0. The topological polar surface area (TPSA) is 0 Å². The quantitative estimate of drug-likeness (QED) is 0.0901. The molecule has 0 spiro atoms. The van der Waals surface area contributed by atoms with Crippen LogP contribution in [0.2, 0.25) is 0 Å². The fourth-order valence-corrected chi connectivity index (χ4v) is 11.0. The van der Waals surface area contributed by atoms with Crippen LogP contribution in [0.3, 0.4) is 0 Å². The van der Waals surface area contributed by atoms with Crippen LogP contribution < -0.4 is 35.2 Å². The van der Waals surface area contributed by atoms with Crippen molar-refractivity contribution in [2.75, 3.05) is 0 Å². The third-order valence-electron chi connectivity index (χ3n) is 12.6. The van der Waals surface area contributed by atoms with Crippen molar-refractivity contribution in [1.29, 1.82) is 0 Å². The molecule has 8 aromatic carbocycles. The Morgan fingerprint density at radius 2 is 1.19 bits per heavy atom. The van der Waals surface area contributed by atoms with E-state index in [1.54, 1.807) is 0 Å². The molecule has 0 N–H and O–H groups in total. The van der Waals surface area contributed by atoms with Crippen LogP contribution in [0.1, 0.15) is 106 Å². The summed E-state index contributed by atoms with van der Waals surface area (Å²) in [6.45, 7) is 16.4. The molecule has 2 radical (unpaired) electrons. The van der Waals surface area contributed by atoms with Gasteiger partial charge in [0.1, 0.15) is 9.52 Å². The molecule has 0 saturated carbocycles. The Morgan fingerprint density at radius 3 is 1.76 bits per heavy atom. The van der Waals surface area contributed by atoms with Gasteiger partial charge in [0.25, 0.3) is 0 Å². The molecule has 10 rings (SSSR count). The number of rotatable bonds is 6. The Kier molecular flexibility index (Phi) is 15.2. The summed E-state index contributed by atoms with van der Waals surface area (Å²) in [7, 11) is 0.271. The average Bonchev–Trinajstić information content (AvgIpc) is 3.81. The average molecular weight is 955 g/mol. The summed E-state index contributed by atoms with van der Waals surface area (Å²) in [5, 5.41) is 8.14. The van der Waals surface area contributed by atoms with E-state index in [0.29, 0.717) is 0 Å². The second kappa shape index (κ2) is 19.8. The van der Waals surface area contributed by atoms with Gasteiger partial charge in [-0.25, -0.2) is 0 Å². The zero-order valence-electron chi connectivity index (χ0n) is 37.6. The molecule has 0 saturated heterocycles. The second-order valence-corrected chi connectivity index (χ2v) is 20.5. The minimum absolute atomic E-state index is 0. The van der Waals surface area contributed by atoms with Gasteiger partial charge in [0.2, 0.25) is 0 Å². The fraction of sp³-hybridized carbons (Fsp3) is 0.220. The summed E-state index contributed by atoms with van der Waals surface area (Å²) in [6.07, 6.45) is 5.77. The van der Waals surface area contributed by atoms with E-state index in [2.05, 4.69) is 218 Å². The Bertz CT molecular complexity index is 2810. The zero-order chi connectivity index (χ0) is 41.6. The SMILES string of the molecule is CCCC1=Cc2c(-c3c4ccccc4cc4ccccc34)cccc2C1c1c(C(C)(C)C)[c-]cc2c1Cc1cc(C(C)(C)C)ccc1-2.[Cl-].[Cl-].[Zr+3].c1ccc([SiH]c2ccccc2)cc1. The molecule has 314 valence electrons. The van der Waals surface area contributed by atoms with Crippen molar-refractivity contribution in [1.82, 2.24) is 0 Å². The molecule has 0 bridgehead atoms. The van der Waals surface area contributed by atoms with Crippen molar-refractivity contribution in [3.63, 3.8) is 0 Å². The van der Waals surface area contributed by atoms with Crippen LogP contribution in [0.4, 0.5) is 0 Å². The van der Waals surface area contributed by atoms with Gasteiger partial charge < -0.3 is 24.8 Å². The Morgan fingerprint density at radius 1 is 0.603 bits per heavy atom. The van der Waals surface area contributed by atoms with Crippen LogP contribution in [0.5, 0.6) is 0 Å². The fourth-order valence-electron chi connectivity index (χ4n) is 9.76. The predicted molar refractivity (Wildman–Crippen MR) is 262 cm³/mol. The van der Waals surface area contributed by atoms with E-state index >= 15 is 0 Å². The van der Waals surface area contributed by atoms with Gasteiger partial charge in [0.15, 0.2) is 0 Å². The first-order chi connectivity index (χ1) is 29.0. The maximum absolute atomic E-state index is 3.90. The maximum atomic E-state index is 3.90. The van der Waals surface area contributed by atoms with Crippen LogP contribution >= 0.6 is 0 Å². The zero-order valence-corrected chi connectivity index (χ0v) is 42.7. The number of hydrogen-bond acceptors (Lipinski definition) is 0. The molecule has 2 aliphatic carbocycles. The summed E-state index contributed by atoms with van der Waals surface area (Å²) in [5.41, 5.74) is 17.2. The molecule has 2 aliphatic rings. The van der Waals surface area contributed by atoms with E-state index in [9.17, 15) is 0 Å². The van der Waals surface area contributed by atoms with Gasteiger partial charge in [-0.15, -0.1) is 16.7 Å². The number of allylic oxidation sites excluding steroid dienone is 1. The van der Waals surface area contributed by atoms with Crippen LogP contribution in [0.15, 0.2) is 163 Å². The van der Waals surface area contributed by atoms with E-state index in [4.69, 9.17) is 0 Å². The van der Waals surface area contributed by atoms with Crippen LogP contribution in [-0.4, -0.2) is 9.52 Å². The van der Waals surface area contributed by atoms with Crippen LogP contribution in [-0.2, 0) is 43.5 Å². The third-order valence-corrected chi connectivity index (χ3v) is 14.0. The molecule has 0 amide bonds. The van der Waals surface area contributed by atoms with Crippen molar-refractivity contribution in [3.8, 4) is 22.3 Å². The van der Waals surface area contributed by atoms with Gasteiger partial charge in [-0.1, -0.05) is 228 Å². The smallest absolute Gasteiger partial charge is 1.00 e. The van der Waals surface area contributed by atoms with Crippen LogP contribution in [0.25, 0.3) is 49.9 Å². The van der Waals surface area contributed by atoms with Crippen molar-refractivity contribution in [2.45, 2.75) is 84.5 Å². The largest absolute Gasteiger partial charge is 3.00 e. The minimum Gasteiger partial charge on any atom is -1.00 e. The van der Waals surface area contributed by atoms with Gasteiger partial charge in [-0.2, -0.15) is 17.7 Å². The summed E-state index contributed by atoms with van der Waals surface area (Å²) in [5.74, 6) is 0.225. The van der Waals surface area contributed by atoms with Crippen molar-refractivity contribution >= 4 is 47.5 Å². The standard InChI is InChI=1S/C47H45.C12H11Si.2ClH.Zr/c1-8-14-31-27-40-38(19-13-20-39(40)44-35-17-11-9-15-29(35)25-30-16-10-12-18-36(30)44)43(31)45-41-28-32-26-33(46(2,3)4)21-22-34(32)37(41)23-24-42(45)47(5,6)7;1-3-7-11(8-4-1)13-12-9-5-2-6-10-12;;;/h9-13,15-23,25-27,43H,8,14,28H2,1-7H3;1-10,13H;2*1H;/q-1;;;;+3/p-2. The van der Waals surface area contributed by atoms with Gasteiger partial charge in [0.05, 0.1) is 0 Å². The second-order valence-electron chi connectivity index (χ2n) is 18.9. The molecule has 1 atom stereocenters. The minimum atomic E-state index is -0.0285. The molecular weight excluding hydrogens is 899 g/mol. The van der Waals surface area contributed by atoms with E-state index in [1.165, 1.54) is 98.7 Å². The molecule has 0 nitrogen and oxygen atoms in total. The van der Waals surface area contributed by atoms with Crippen molar-refractivity contribution in [3.05, 3.63) is 208 Å². The molecule has 4 heteroatoms. The van der Waals surface area contributed by atoms with Crippen molar-refractivity contribution < 1.29 is 51.0 Å².